The summed E-state index contributed by atoms with van der Waals surface area (Å²) >= 11 is 1.04. The predicted octanol–water partition coefficient (Wildman–Crippen LogP) is 4.94. The van der Waals surface area contributed by atoms with Gasteiger partial charge in [-0.15, -0.1) is 0 Å². The van der Waals surface area contributed by atoms with Crippen molar-refractivity contribution in [3.05, 3.63) is 83.7 Å². The maximum atomic E-state index is 14.2. The summed E-state index contributed by atoms with van der Waals surface area (Å²) in [6, 6.07) is 10.9. The number of benzene rings is 2. The van der Waals surface area contributed by atoms with Crippen molar-refractivity contribution in [1.82, 2.24) is 9.97 Å². The molecule has 0 bridgehead atoms. The maximum Gasteiger partial charge on any atom is 0.253 e. The number of fused-ring (bicyclic) bond motifs is 2. The van der Waals surface area contributed by atoms with Crippen molar-refractivity contribution in [2.24, 2.45) is 0 Å². The zero-order valence-corrected chi connectivity index (χ0v) is 17.3. The molecule has 0 saturated heterocycles. The average molecular weight is 451 g/mol. The van der Waals surface area contributed by atoms with Gasteiger partial charge >= 0.3 is 0 Å². The summed E-state index contributed by atoms with van der Waals surface area (Å²) in [4.78, 5) is 22.9. The molecule has 0 aliphatic carbocycles. The van der Waals surface area contributed by atoms with Gasteiger partial charge in [0, 0.05) is 24.5 Å². The first-order valence-corrected chi connectivity index (χ1v) is 10.4. The van der Waals surface area contributed by atoms with Crippen LogP contribution in [0.4, 0.5) is 13.9 Å². The summed E-state index contributed by atoms with van der Waals surface area (Å²) in [5, 5.41) is 0.258. The molecule has 5 rings (SSSR count). The van der Waals surface area contributed by atoms with Gasteiger partial charge in [-0.3, -0.25) is 14.7 Å². The number of nitrogens with zero attached hydrogens (tertiary/aromatic N) is 3. The highest BCUT2D eigenvalue weighted by Crippen LogP contribution is 2.34. The topological polar surface area (TPSA) is 64.6 Å². The molecule has 0 saturated carbocycles. The molecule has 160 valence electrons. The van der Waals surface area contributed by atoms with Gasteiger partial charge in [-0.2, -0.15) is 0 Å². The lowest BCUT2D eigenvalue weighted by Crippen LogP contribution is -2.28. The molecule has 9 heteroatoms. The molecule has 0 unspecified atom stereocenters. The van der Waals surface area contributed by atoms with Crippen LogP contribution in [-0.2, 0) is 11.3 Å². The Hall–Kier alpha value is -3.85. The Bertz CT molecular complexity index is 1340. The van der Waals surface area contributed by atoms with Gasteiger partial charge in [-0.25, -0.2) is 13.8 Å². The van der Waals surface area contributed by atoms with E-state index >= 15 is 0 Å². The molecule has 3 heterocycles. The van der Waals surface area contributed by atoms with Gasteiger partial charge < -0.3 is 9.47 Å². The number of carbonyl (C=O) groups excluding carboxylic acids is 1. The predicted molar refractivity (Wildman–Crippen MR) is 117 cm³/mol. The smallest absolute Gasteiger partial charge is 0.253 e. The third kappa shape index (κ3) is 4.02. The molecule has 32 heavy (non-hydrogen) atoms. The molecule has 1 amide bonds. The summed E-state index contributed by atoms with van der Waals surface area (Å²) in [5.41, 5.74) is 1.54. The van der Waals surface area contributed by atoms with Gasteiger partial charge in [0.05, 0.1) is 11.2 Å². The Morgan fingerprint density at radius 2 is 2.03 bits per heavy atom. The summed E-state index contributed by atoms with van der Waals surface area (Å²) in [5.74, 6) is -0.581. The highest BCUT2D eigenvalue weighted by molar-refractivity contribution is 7.22. The number of hydrogen-bond acceptors (Lipinski definition) is 6. The second-order valence-electron chi connectivity index (χ2n) is 6.96. The Morgan fingerprint density at radius 3 is 2.88 bits per heavy atom. The summed E-state index contributed by atoms with van der Waals surface area (Å²) in [7, 11) is 0. The van der Waals surface area contributed by atoms with E-state index in [0.717, 1.165) is 28.5 Å². The monoisotopic (exact) mass is 451 g/mol. The molecular weight excluding hydrogens is 436 g/mol. The molecule has 1 aliphatic heterocycles. The van der Waals surface area contributed by atoms with Crippen LogP contribution in [0, 0.1) is 11.6 Å². The summed E-state index contributed by atoms with van der Waals surface area (Å²) in [6.45, 7) is 0.331. The number of halogens is 2. The van der Waals surface area contributed by atoms with Crippen molar-refractivity contribution in [2.45, 2.75) is 6.54 Å². The molecule has 2 aromatic carbocycles. The summed E-state index contributed by atoms with van der Waals surface area (Å²) < 4.78 is 38.8. The lowest BCUT2D eigenvalue weighted by molar-refractivity contribution is -0.114. The normalized spacial score (nSPS) is 12.6. The van der Waals surface area contributed by atoms with Gasteiger partial charge in [-0.1, -0.05) is 23.5 Å². The van der Waals surface area contributed by atoms with Crippen LogP contribution in [0.2, 0.25) is 0 Å². The van der Waals surface area contributed by atoms with E-state index in [1.165, 1.54) is 17.0 Å². The van der Waals surface area contributed by atoms with Crippen molar-refractivity contribution in [2.75, 3.05) is 11.7 Å². The van der Waals surface area contributed by atoms with Gasteiger partial charge in [-0.05, 0) is 41.5 Å². The lowest BCUT2D eigenvalue weighted by Gasteiger charge is -2.18. The fraction of sp³-hybridized carbons (Fsp3) is 0.0870. The number of thiazole rings is 1. The summed E-state index contributed by atoms with van der Waals surface area (Å²) in [6.07, 6.45) is 6.31. The van der Waals surface area contributed by atoms with E-state index in [9.17, 15) is 13.6 Å². The van der Waals surface area contributed by atoms with E-state index in [1.807, 2.05) is 6.07 Å². The van der Waals surface area contributed by atoms with E-state index in [2.05, 4.69) is 9.97 Å². The number of pyridine rings is 1. The largest absolute Gasteiger partial charge is 0.454 e. The molecule has 4 aromatic rings. The molecule has 0 N–H and O–H groups in total. The van der Waals surface area contributed by atoms with Crippen molar-refractivity contribution < 1.29 is 23.0 Å². The molecule has 0 radical (unpaired) electrons. The van der Waals surface area contributed by atoms with E-state index < -0.39 is 11.6 Å². The third-order valence-electron chi connectivity index (χ3n) is 4.78. The number of ether oxygens (including phenoxy) is 2. The fourth-order valence-electron chi connectivity index (χ4n) is 3.25. The molecule has 0 fully saturated rings. The second-order valence-corrected chi connectivity index (χ2v) is 7.97. The number of carbonyl (C=O) groups is 1. The van der Waals surface area contributed by atoms with Crippen molar-refractivity contribution >= 4 is 38.7 Å². The fourth-order valence-corrected chi connectivity index (χ4v) is 4.26. The van der Waals surface area contributed by atoms with Crippen LogP contribution in [0.15, 0.2) is 60.9 Å². The van der Waals surface area contributed by atoms with Gasteiger partial charge in [0.25, 0.3) is 5.91 Å². The second kappa shape index (κ2) is 8.35. The first-order valence-electron chi connectivity index (χ1n) is 9.60. The van der Waals surface area contributed by atoms with E-state index in [1.54, 1.807) is 42.7 Å². The SMILES string of the molecule is O=C(/C=C/c1ccc2c(c1)OCO2)N(Cc1cccnc1)c1nc2c(F)cc(F)cc2s1. The zero-order valence-electron chi connectivity index (χ0n) is 16.5. The van der Waals surface area contributed by atoms with Crippen LogP contribution in [0.5, 0.6) is 11.5 Å². The number of aromatic nitrogens is 2. The Morgan fingerprint density at radius 1 is 1.16 bits per heavy atom. The minimum atomic E-state index is -0.771. The standard InChI is InChI=1S/C23H15F2N3O3S/c24-16-9-17(25)22-20(10-16)32-23(27-22)28(12-15-2-1-7-26-11-15)21(29)6-4-14-3-5-18-19(8-14)31-13-30-18/h1-11H,12-13H2/b6-4+. The first kappa shape index (κ1) is 20.1. The van der Waals surface area contributed by atoms with Crippen molar-refractivity contribution in [3.8, 4) is 11.5 Å². The van der Waals surface area contributed by atoms with Gasteiger partial charge in [0.2, 0.25) is 6.79 Å². The minimum Gasteiger partial charge on any atom is -0.454 e. The molecule has 1 aliphatic rings. The van der Waals surface area contributed by atoms with E-state index in [0.29, 0.717) is 16.2 Å². The number of anilines is 1. The van der Waals surface area contributed by atoms with Crippen molar-refractivity contribution in [1.29, 1.82) is 0 Å². The van der Waals surface area contributed by atoms with Crippen LogP contribution in [-0.4, -0.2) is 22.7 Å². The van der Waals surface area contributed by atoms with E-state index in [4.69, 9.17) is 9.47 Å². The van der Waals surface area contributed by atoms with Crippen LogP contribution in [0.25, 0.3) is 16.3 Å². The van der Waals surface area contributed by atoms with Crippen LogP contribution in [0.3, 0.4) is 0 Å². The number of rotatable bonds is 5. The van der Waals surface area contributed by atoms with Crippen LogP contribution >= 0.6 is 11.3 Å². The van der Waals surface area contributed by atoms with E-state index in [-0.39, 0.29) is 29.9 Å². The Labute approximate surface area is 185 Å². The van der Waals surface area contributed by atoms with Crippen LogP contribution in [0.1, 0.15) is 11.1 Å². The third-order valence-corrected chi connectivity index (χ3v) is 5.80. The highest BCUT2D eigenvalue weighted by Gasteiger charge is 2.21. The molecule has 0 atom stereocenters. The quantitative estimate of drug-likeness (QED) is 0.402. The maximum absolute atomic E-state index is 14.2. The lowest BCUT2D eigenvalue weighted by atomic mass is 10.2. The zero-order chi connectivity index (χ0) is 22.1. The minimum absolute atomic E-state index is 0.0233. The Kier molecular flexibility index (Phi) is 5.24. The van der Waals surface area contributed by atoms with Crippen molar-refractivity contribution in [3.63, 3.8) is 0 Å². The number of hydrogen-bond donors (Lipinski definition) is 0. The Balaban J connectivity index is 1.48. The molecular formula is C23H15F2N3O3S. The van der Waals surface area contributed by atoms with Crippen LogP contribution < -0.4 is 14.4 Å². The van der Waals surface area contributed by atoms with Gasteiger partial charge in [0.15, 0.2) is 22.4 Å². The molecule has 2 aromatic heterocycles. The highest BCUT2D eigenvalue weighted by atomic mass is 32.1. The average Bonchev–Trinajstić information content (AvgIpc) is 3.43. The van der Waals surface area contributed by atoms with Gasteiger partial charge in [0.1, 0.15) is 11.3 Å². The number of amides is 1. The first-order chi connectivity index (χ1) is 15.6. The molecule has 6 nitrogen and oxygen atoms in total. The molecule has 0 spiro atoms.